The molecule has 0 aromatic rings. The quantitative estimate of drug-likeness (QED) is 0.565. The summed E-state index contributed by atoms with van der Waals surface area (Å²) in [5.74, 6) is 0.280. The Balaban J connectivity index is 2.29. The van der Waals surface area contributed by atoms with Crippen molar-refractivity contribution in [3.63, 3.8) is 0 Å². The van der Waals surface area contributed by atoms with Gasteiger partial charge in [0.05, 0.1) is 0 Å². The van der Waals surface area contributed by atoms with Gasteiger partial charge in [0.25, 0.3) is 0 Å². The molecule has 0 spiro atoms. The molecule has 0 aliphatic heterocycles. The van der Waals surface area contributed by atoms with E-state index in [0.29, 0.717) is 6.41 Å². The van der Waals surface area contributed by atoms with Crippen LogP contribution in [-0.4, -0.2) is 12.3 Å². The van der Waals surface area contributed by atoms with Crippen LogP contribution in [0.2, 0.25) is 0 Å². The lowest BCUT2D eigenvalue weighted by molar-refractivity contribution is -0.124. The fourth-order valence-corrected chi connectivity index (χ4v) is 1.95. The summed E-state index contributed by atoms with van der Waals surface area (Å²) in [7, 11) is 0. The van der Waals surface area contributed by atoms with Gasteiger partial charge in [0.1, 0.15) is 0 Å². The number of amides is 2. The minimum Gasteiger partial charge on any atom is -0.333 e. The number of hydrogen-bond acceptors (Lipinski definition) is 2. The average molecular weight is 236 g/mol. The molecular formula is C13H20N2O2. The second-order valence-electron chi connectivity index (χ2n) is 4.31. The molecule has 0 atom stereocenters. The number of carbonyl (C=O) groups excluding carboxylic acids is 2. The molecule has 2 amide bonds. The average Bonchev–Trinajstić information content (AvgIpc) is 2.36. The number of rotatable bonds is 5. The highest BCUT2D eigenvalue weighted by molar-refractivity contribution is 5.79. The zero-order valence-corrected chi connectivity index (χ0v) is 10.2. The maximum Gasteiger partial charge on any atom is 0.227 e. The Kier molecular flexibility index (Phi) is 6.07. The van der Waals surface area contributed by atoms with E-state index in [0.717, 1.165) is 31.4 Å². The molecule has 1 rings (SSSR count). The van der Waals surface area contributed by atoms with Gasteiger partial charge >= 0.3 is 0 Å². The molecule has 0 aromatic heterocycles. The Morgan fingerprint density at radius 1 is 1.18 bits per heavy atom. The molecule has 0 saturated heterocycles. The number of allylic oxidation sites excluding steroid dienone is 3. The minimum atomic E-state index is 0.107. The maximum atomic E-state index is 11.7. The van der Waals surface area contributed by atoms with E-state index in [1.54, 1.807) is 25.3 Å². The first-order chi connectivity index (χ1) is 8.24. The molecule has 0 heterocycles. The highest BCUT2D eigenvalue weighted by atomic mass is 16.1. The Morgan fingerprint density at radius 3 is 2.53 bits per heavy atom. The molecule has 0 aromatic carbocycles. The number of nitrogens with one attached hydrogen (secondary N) is 2. The molecule has 94 valence electrons. The molecule has 1 aliphatic rings. The van der Waals surface area contributed by atoms with Crippen LogP contribution in [0.25, 0.3) is 0 Å². The van der Waals surface area contributed by atoms with Gasteiger partial charge < -0.3 is 10.6 Å². The van der Waals surface area contributed by atoms with E-state index in [2.05, 4.69) is 10.6 Å². The van der Waals surface area contributed by atoms with Crippen molar-refractivity contribution in [1.29, 1.82) is 0 Å². The summed E-state index contributed by atoms with van der Waals surface area (Å²) in [6, 6.07) is 0. The van der Waals surface area contributed by atoms with Crippen molar-refractivity contribution in [3.05, 3.63) is 24.0 Å². The molecule has 4 nitrogen and oxygen atoms in total. The van der Waals surface area contributed by atoms with Gasteiger partial charge in [-0.25, -0.2) is 0 Å². The van der Waals surface area contributed by atoms with Crippen molar-refractivity contribution in [3.8, 4) is 0 Å². The predicted molar refractivity (Wildman–Crippen MR) is 66.8 cm³/mol. The van der Waals surface area contributed by atoms with E-state index in [1.165, 1.54) is 6.42 Å². The van der Waals surface area contributed by atoms with Crippen LogP contribution < -0.4 is 10.6 Å². The highest BCUT2D eigenvalue weighted by Crippen LogP contribution is 2.23. The Labute approximate surface area is 102 Å². The molecule has 4 heteroatoms. The van der Waals surface area contributed by atoms with Crippen LogP contribution in [0.3, 0.4) is 0 Å². The summed E-state index contributed by atoms with van der Waals surface area (Å²) in [6.07, 6.45) is 11.3. The van der Waals surface area contributed by atoms with E-state index < -0.39 is 0 Å². The van der Waals surface area contributed by atoms with E-state index in [1.807, 2.05) is 0 Å². The Morgan fingerprint density at radius 2 is 1.88 bits per heavy atom. The van der Waals surface area contributed by atoms with Crippen LogP contribution in [0.4, 0.5) is 0 Å². The van der Waals surface area contributed by atoms with Gasteiger partial charge in [0.2, 0.25) is 12.3 Å². The summed E-state index contributed by atoms with van der Waals surface area (Å²) >= 11 is 0. The van der Waals surface area contributed by atoms with Crippen LogP contribution in [0.1, 0.15) is 39.0 Å². The SMILES string of the molecule is C/C(=C\C=C\NC(=O)C1CCCCC1)NC=O. The van der Waals surface area contributed by atoms with Crippen molar-refractivity contribution in [2.24, 2.45) is 5.92 Å². The highest BCUT2D eigenvalue weighted by Gasteiger charge is 2.19. The summed E-state index contributed by atoms with van der Waals surface area (Å²) in [5.41, 5.74) is 0.739. The van der Waals surface area contributed by atoms with Crippen molar-refractivity contribution in [2.45, 2.75) is 39.0 Å². The lowest BCUT2D eigenvalue weighted by Gasteiger charge is -2.19. The zero-order valence-electron chi connectivity index (χ0n) is 10.2. The summed E-state index contributed by atoms with van der Waals surface area (Å²) in [5, 5.41) is 5.28. The van der Waals surface area contributed by atoms with Crippen molar-refractivity contribution < 1.29 is 9.59 Å². The topological polar surface area (TPSA) is 58.2 Å². The van der Waals surface area contributed by atoms with Crippen LogP contribution in [0, 0.1) is 5.92 Å². The van der Waals surface area contributed by atoms with Crippen LogP contribution >= 0.6 is 0 Å². The zero-order chi connectivity index (χ0) is 12.5. The number of hydrogen-bond donors (Lipinski definition) is 2. The largest absolute Gasteiger partial charge is 0.333 e. The van der Waals surface area contributed by atoms with Gasteiger partial charge in [-0.2, -0.15) is 0 Å². The van der Waals surface area contributed by atoms with Gasteiger partial charge in [0.15, 0.2) is 0 Å². The third-order valence-corrected chi connectivity index (χ3v) is 2.93. The van der Waals surface area contributed by atoms with Crippen LogP contribution in [-0.2, 0) is 9.59 Å². The fraction of sp³-hybridized carbons (Fsp3) is 0.538. The standard InChI is InChI=1S/C13H20N2O2/c1-11(15-10-16)6-5-9-14-13(17)12-7-3-2-4-8-12/h5-6,9-10,12H,2-4,7-8H2,1H3,(H,14,17)(H,15,16)/b9-5+,11-6+. The van der Waals surface area contributed by atoms with E-state index >= 15 is 0 Å². The van der Waals surface area contributed by atoms with Gasteiger partial charge in [-0.1, -0.05) is 19.3 Å². The Hall–Kier alpha value is -1.58. The van der Waals surface area contributed by atoms with E-state index in [-0.39, 0.29) is 11.8 Å². The normalized spacial score (nSPS) is 18.1. The molecule has 0 bridgehead atoms. The number of carbonyl (C=O) groups is 2. The van der Waals surface area contributed by atoms with Crippen molar-refractivity contribution in [2.75, 3.05) is 0 Å². The van der Waals surface area contributed by atoms with Gasteiger partial charge in [0, 0.05) is 17.8 Å². The summed E-state index contributed by atoms with van der Waals surface area (Å²) < 4.78 is 0. The van der Waals surface area contributed by atoms with E-state index in [4.69, 9.17) is 0 Å². The molecule has 1 saturated carbocycles. The first-order valence-corrected chi connectivity index (χ1v) is 6.08. The first kappa shape index (κ1) is 13.5. The first-order valence-electron chi connectivity index (χ1n) is 6.08. The molecule has 1 fully saturated rings. The van der Waals surface area contributed by atoms with Crippen LogP contribution in [0.5, 0.6) is 0 Å². The minimum absolute atomic E-state index is 0.107. The van der Waals surface area contributed by atoms with Crippen LogP contribution in [0.15, 0.2) is 24.0 Å². The van der Waals surface area contributed by atoms with Crippen molar-refractivity contribution >= 4 is 12.3 Å². The molecular weight excluding hydrogens is 216 g/mol. The van der Waals surface area contributed by atoms with Gasteiger partial charge in [-0.3, -0.25) is 9.59 Å². The molecule has 17 heavy (non-hydrogen) atoms. The lowest BCUT2D eigenvalue weighted by atomic mass is 9.89. The maximum absolute atomic E-state index is 11.7. The fourth-order valence-electron chi connectivity index (χ4n) is 1.95. The molecule has 0 unspecified atom stereocenters. The molecule has 0 radical (unpaired) electrons. The second kappa shape index (κ2) is 7.65. The third kappa shape index (κ3) is 5.33. The van der Waals surface area contributed by atoms with Gasteiger partial charge in [-0.05, 0) is 31.9 Å². The molecule has 1 aliphatic carbocycles. The van der Waals surface area contributed by atoms with E-state index in [9.17, 15) is 9.59 Å². The van der Waals surface area contributed by atoms with Gasteiger partial charge in [-0.15, -0.1) is 0 Å². The van der Waals surface area contributed by atoms with Crippen molar-refractivity contribution in [1.82, 2.24) is 10.6 Å². The smallest absolute Gasteiger partial charge is 0.227 e. The summed E-state index contributed by atoms with van der Waals surface area (Å²) in [4.78, 5) is 21.8. The monoisotopic (exact) mass is 236 g/mol. The molecule has 2 N–H and O–H groups in total. The second-order valence-corrected chi connectivity index (χ2v) is 4.31. The predicted octanol–water partition coefficient (Wildman–Crippen LogP) is 1.85. The Bertz CT molecular complexity index is 315. The lowest BCUT2D eigenvalue weighted by Crippen LogP contribution is -2.28. The summed E-state index contributed by atoms with van der Waals surface area (Å²) in [6.45, 7) is 1.78. The third-order valence-electron chi connectivity index (χ3n) is 2.93.